The molecule has 2 unspecified atom stereocenters. The third kappa shape index (κ3) is 2.82. The van der Waals surface area contributed by atoms with Crippen molar-refractivity contribution in [3.63, 3.8) is 0 Å². The molecule has 1 N–H and O–H groups in total. The number of hydrogen-bond acceptors (Lipinski definition) is 1. The third-order valence-corrected chi connectivity index (χ3v) is 7.54. The summed E-state index contributed by atoms with van der Waals surface area (Å²) in [6, 6.07) is 7.78. The van der Waals surface area contributed by atoms with Crippen LogP contribution < -0.4 is 0 Å². The Morgan fingerprint density at radius 3 is 2.76 bits per heavy atom. The number of aromatic nitrogens is 2. The molecule has 2 saturated carbocycles. The molecule has 6 rings (SSSR count). The number of nitrogens with zero attached hydrogens (tertiary/aromatic N) is 2. The first-order valence-corrected chi connectivity index (χ1v) is 11.3. The number of fused-ring (bicyclic) bond motifs is 5. The maximum absolute atomic E-state index is 3.95. The van der Waals surface area contributed by atoms with Crippen molar-refractivity contribution in [1.82, 2.24) is 14.5 Å². The fourth-order valence-electron chi connectivity index (χ4n) is 5.99. The van der Waals surface area contributed by atoms with Gasteiger partial charge in [0.05, 0.1) is 5.52 Å². The van der Waals surface area contributed by atoms with Crippen LogP contribution in [0.25, 0.3) is 22.6 Å². The molecule has 3 aromatic rings. The molecule has 2 aliphatic carbocycles. The second-order valence-electron chi connectivity index (χ2n) is 9.75. The van der Waals surface area contributed by atoms with Crippen molar-refractivity contribution in [3.8, 4) is 0 Å². The first kappa shape index (κ1) is 17.6. The molecular weight excluding hydrogens is 354 g/mol. The molecule has 3 aliphatic rings. The fraction of sp³-hybridized carbons (Fsp3) is 0.462. The standard InChI is InChI=1S/C26H31N3/c1-16-11-19(13-21(17-7-8-17)18-9-10-28(2)14-18)25-22(12-16)23-15-29(3)24-6-4-5-20(24)26(23)27-25/h9-14,17,20,24,27H,4-8,15H2,1-3H3/b21-13+. The highest BCUT2D eigenvalue weighted by atomic mass is 15.2. The lowest BCUT2D eigenvalue weighted by molar-refractivity contribution is 0.201. The zero-order valence-electron chi connectivity index (χ0n) is 17.8. The summed E-state index contributed by atoms with van der Waals surface area (Å²) in [6.07, 6.45) is 13.6. The van der Waals surface area contributed by atoms with Crippen LogP contribution in [0, 0.1) is 12.8 Å². The van der Waals surface area contributed by atoms with Gasteiger partial charge in [-0.25, -0.2) is 0 Å². The van der Waals surface area contributed by atoms with E-state index < -0.39 is 0 Å². The van der Waals surface area contributed by atoms with E-state index in [0.717, 1.165) is 18.5 Å². The van der Waals surface area contributed by atoms with E-state index in [1.54, 1.807) is 5.56 Å². The van der Waals surface area contributed by atoms with Gasteiger partial charge in [-0.15, -0.1) is 0 Å². The number of aromatic amines is 1. The predicted octanol–water partition coefficient (Wildman–Crippen LogP) is 5.85. The van der Waals surface area contributed by atoms with E-state index in [4.69, 9.17) is 0 Å². The van der Waals surface area contributed by atoms with Gasteiger partial charge in [-0.1, -0.05) is 6.42 Å². The first-order valence-electron chi connectivity index (χ1n) is 11.3. The Balaban J connectivity index is 1.54. The number of hydrogen-bond donors (Lipinski definition) is 1. The topological polar surface area (TPSA) is 24.0 Å². The van der Waals surface area contributed by atoms with Crippen molar-refractivity contribution in [2.45, 2.75) is 57.5 Å². The van der Waals surface area contributed by atoms with Crippen molar-refractivity contribution in [2.24, 2.45) is 13.0 Å². The molecular formula is C26H31N3. The van der Waals surface area contributed by atoms with Crippen molar-refractivity contribution >= 4 is 22.6 Å². The summed E-state index contributed by atoms with van der Waals surface area (Å²) >= 11 is 0. The number of nitrogens with one attached hydrogen (secondary N) is 1. The van der Waals surface area contributed by atoms with Crippen LogP contribution >= 0.6 is 0 Å². The van der Waals surface area contributed by atoms with Crippen LogP contribution in [-0.4, -0.2) is 27.5 Å². The molecule has 2 aromatic heterocycles. The molecule has 29 heavy (non-hydrogen) atoms. The predicted molar refractivity (Wildman–Crippen MR) is 121 cm³/mol. The normalized spacial score (nSPS) is 24.9. The highest BCUT2D eigenvalue weighted by molar-refractivity contribution is 5.97. The highest BCUT2D eigenvalue weighted by Gasteiger charge is 2.38. The fourth-order valence-corrected chi connectivity index (χ4v) is 5.99. The highest BCUT2D eigenvalue weighted by Crippen LogP contribution is 2.47. The van der Waals surface area contributed by atoms with Crippen molar-refractivity contribution < 1.29 is 0 Å². The molecule has 0 saturated heterocycles. The van der Waals surface area contributed by atoms with Gasteiger partial charge in [0.25, 0.3) is 0 Å². The third-order valence-electron chi connectivity index (χ3n) is 7.54. The number of likely N-dealkylation sites (N-methyl/N-ethyl adjacent to an activating group) is 1. The lowest BCUT2D eigenvalue weighted by Gasteiger charge is -2.35. The summed E-state index contributed by atoms with van der Waals surface area (Å²) in [6.45, 7) is 3.33. The van der Waals surface area contributed by atoms with Gasteiger partial charge < -0.3 is 9.55 Å². The second kappa shape index (κ2) is 6.37. The summed E-state index contributed by atoms with van der Waals surface area (Å²) < 4.78 is 2.17. The number of aryl methyl sites for hydroxylation is 2. The monoisotopic (exact) mass is 385 g/mol. The lowest BCUT2D eigenvalue weighted by atomic mass is 9.89. The maximum Gasteiger partial charge on any atom is 0.0533 e. The zero-order chi connectivity index (χ0) is 19.7. The van der Waals surface area contributed by atoms with Gasteiger partial charge in [-0.3, -0.25) is 4.90 Å². The van der Waals surface area contributed by atoms with E-state index in [1.165, 1.54) is 71.0 Å². The minimum atomic E-state index is 0.685. The Morgan fingerprint density at radius 2 is 2.00 bits per heavy atom. The van der Waals surface area contributed by atoms with E-state index in [9.17, 15) is 0 Å². The Kier molecular flexibility index (Phi) is 3.86. The molecule has 0 amide bonds. The van der Waals surface area contributed by atoms with Crippen LogP contribution in [-0.2, 0) is 13.6 Å². The molecule has 2 atom stereocenters. The van der Waals surface area contributed by atoms with Crippen LogP contribution in [0.4, 0.5) is 0 Å². The van der Waals surface area contributed by atoms with Crippen molar-refractivity contribution in [1.29, 1.82) is 0 Å². The van der Waals surface area contributed by atoms with Crippen LogP contribution in [0.3, 0.4) is 0 Å². The molecule has 3 heterocycles. The molecule has 1 aliphatic heterocycles. The number of benzene rings is 1. The zero-order valence-corrected chi connectivity index (χ0v) is 17.8. The summed E-state index contributed by atoms with van der Waals surface area (Å²) in [5.74, 6) is 1.41. The number of allylic oxidation sites excluding steroid dienone is 1. The molecule has 0 radical (unpaired) electrons. The van der Waals surface area contributed by atoms with E-state index in [2.05, 4.69) is 72.1 Å². The Morgan fingerprint density at radius 1 is 1.14 bits per heavy atom. The summed E-state index contributed by atoms with van der Waals surface area (Å²) in [5.41, 5.74) is 10.1. The van der Waals surface area contributed by atoms with Gasteiger partial charge in [0.2, 0.25) is 0 Å². The molecule has 3 heteroatoms. The molecule has 150 valence electrons. The Bertz CT molecular complexity index is 1120. The van der Waals surface area contributed by atoms with Gasteiger partial charge in [-0.2, -0.15) is 0 Å². The summed E-state index contributed by atoms with van der Waals surface area (Å²) in [5, 5.41) is 1.45. The van der Waals surface area contributed by atoms with Crippen LogP contribution in [0.2, 0.25) is 0 Å². The van der Waals surface area contributed by atoms with Gasteiger partial charge in [0.1, 0.15) is 0 Å². The Labute approximate surface area is 173 Å². The van der Waals surface area contributed by atoms with Gasteiger partial charge in [-0.05, 0) is 97.7 Å². The number of rotatable bonds is 3. The van der Waals surface area contributed by atoms with E-state index >= 15 is 0 Å². The summed E-state index contributed by atoms with van der Waals surface area (Å²) in [7, 11) is 4.44. The average Bonchev–Trinajstić information content (AvgIpc) is 3.08. The largest absolute Gasteiger partial charge is 0.357 e. The average molecular weight is 386 g/mol. The smallest absolute Gasteiger partial charge is 0.0533 e. The van der Waals surface area contributed by atoms with Crippen LogP contribution in [0.15, 0.2) is 30.6 Å². The molecule has 1 aromatic carbocycles. The Hall–Kier alpha value is -2.26. The SMILES string of the molecule is Cc1cc(/C=C(/c2ccn(C)c2)C2CC2)c2[nH]c3c(c2c1)CN(C)C1CCCC31. The van der Waals surface area contributed by atoms with Crippen molar-refractivity contribution in [3.05, 3.63) is 58.5 Å². The van der Waals surface area contributed by atoms with Crippen LogP contribution in [0.1, 0.15) is 66.0 Å². The molecule has 3 nitrogen and oxygen atoms in total. The molecule has 0 bridgehead atoms. The van der Waals surface area contributed by atoms with Gasteiger partial charge >= 0.3 is 0 Å². The number of H-pyrrole nitrogens is 1. The van der Waals surface area contributed by atoms with E-state index in [0.29, 0.717) is 5.92 Å². The molecule has 0 spiro atoms. The second-order valence-corrected chi connectivity index (χ2v) is 9.75. The van der Waals surface area contributed by atoms with E-state index in [1.807, 2.05) is 0 Å². The first-order chi connectivity index (χ1) is 14.1. The van der Waals surface area contributed by atoms with E-state index in [-0.39, 0.29) is 0 Å². The van der Waals surface area contributed by atoms with Gasteiger partial charge in [0, 0.05) is 49.0 Å². The minimum Gasteiger partial charge on any atom is -0.357 e. The van der Waals surface area contributed by atoms with Crippen molar-refractivity contribution in [2.75, 3.05) is 7.05 Å². The summed E-state index contributed by atoms with van der Waals surface area (Å²) in [4.78, 5) is 6.55. The quantitative estimate of drug-likeness (QED) is 0.601. The van der Waals surface area contributed by atoms with Gasteiger partial charge in [0.15, 0.2) is 0 Å². The maximum atomic E-state index is 3.95. The minimum absolute atomic E-state index is 0.685. The lowest BCUT2D eigenvalue weighted by Crippen LogP contribution is -2.37. The van der Waals surface area contributed by atoms with Crippen LogP contribution in [0.5, 0.6) is 0 Å². The molecule has 2 fully saturated rings.